The first-order chi connectivity index (χ1) is 9.77. The molecule has 0 radical (unpaired) electrons. The minimum absolute atomic E-state index is 0.572. The molecule has 0 spiro atoms. The molecular weight excluding hydrogens is 278 g/mol. The fourth-order valence-electron chi connectivity index (χ4n) is 1.99. The SMILES string of the molecule is O=C(O)NCCCCCCCCOCCCCCCCl. The lowest BCUT2D eigenvalue weighted by atomic mass is 10.1. The van der Waals surface area contributed by atoms with Crippen molar-refractivity contribution in [3.05, 3.63) is 0 Å². The first kappa shape index (κ1) is 19.5. The van der Waals surface area contributed by atoms with Crippen LogP contribution in [0.2, 0.25) is 0 Å². The third kappa shape index (κ3) is 17.5. The van der Waals surface area contributed by atoms with Crippen LogP contribution < -0.4 is 5.32 Å². The zero-order valence-corrected chi connectivity index (χ0v) is 13.3. The van der Waals surface area contributed by atoms with Gasteiger partial charge in [0, 0.05) is 25.6 Å². The maximum absolute atomic E-state index is 10.2. The number of unbranched alkanes of at least 4 members (excludes halogenated alkanes) is 8. The van der Waals surface area contributed by atoms with Crippen LogP contribution in [0.1, 0.15) is 64.2 Å². The molecule has 0 saturated carbocycles. The van der Waals surface area contributed by atoms with E-state index in [1.165, 1.54) is 32.1 Å². The van der Waals surface area contributed by atoms with Gasteiger partial charge in [-0.2, -0.15) is 0 Å². The second kappa shape index (κ2) is 16.6. The van der Waals surface area contributed by atoms with Crippen LogP contribution in [0.3, 0.4) is 0 Å². The van der Waals surface area contributed by atoms with Crippen molar-refractivity contribution in [1.29, 1.82) is 0 Å². The first-order valence-corrected chi connectivity index (χ1v) is 8.41. The zero-order valence-electron chi connectivity index (χ0n) is 12.5. The number of amides is 1. The summed E-state index contributed by atoms with van der Waals surface area (Å²) in [6.07, 6.45) is 10.5. The van der Waals surface area contributed by atoms with E-state index >= 15 is 0 Å². The minimum Gasteiger partial charge on any atom is -0.465 e. The number of hydrogen-bond donors (Lipinski definition) is 2. The van der Waals surface area contributed by atoms with Crippen molar-refractivity contribution < 1.29 is 14.6 Å². The highest BCUT2D eigenvalue weighted by atomic mass is 35.5. The zero-order chi connectivity index (χ0) is 14.9. The van der Waals surface area contributed by atoms with Crippen LogP contribution in [0.25, 0.3) is 0 Å². The number of carbonyl (C=O) groups is 1. The van der Waals surface area contributed by atoms with Crippen LogP contribution in [-0.2, 0) is 4.74 Å². The Morgan fingerprint density at radius 2 is 1.35 bits per heavy atom. The monoisotopic (exact) mass is 307 g/mol. The van der Waals surface area contributed by atoms with E-state index in [9.17, 15) is 4.79 Å². The van der Waals surface area contributed by atoms with Gasteiger partial charge < -0.3 is 15.2 Å². The quantitative estimate of drug-likeness (QED) is 0.348. The Kier molecular flexibility index (Phi) is 16.2. The van der Waals surface area contributed by atoms with Crippen molar-refractivity contribution >= 4 is 17.7 Å². The molecule has 0 aliphatic heterocycles. The lowest BCUT2D eigenvalue weighted by molar-refractivity contribution is 0.125. The van der Waals surface area contributed by atoms with E-state index in [-0.39, 0.29) is 0 Å². The van der Waals surface area contributed by atoms with Crippen LogP contribution in [0.5, 0.6) is 0 Å². The van der Waals surface area contributed by atoms with E-state index in [0.717, 1.165) is 51.2 Å². The maximum Gasteiger partial charge on any atom is 0.404 e. The molecule has 120 valence electrons. The van der Waals surface area contributed by atoms with E-state index < -0.39 is 6.09 Å². The highest BCUT2D eigenvalue weighted by Gasteiger charge is 1.95. The molecule has 0 unspecified atom stereocenters. The van der Waals surface area contributed by atoms with Crippen molar-refractivity contribution in [2.75, 3.05) is 25.6 Å². The van der Waals surface area contributed by atoms with Crippen LogP contribution >= 0.6 is 11.6 Å². The topological polar surface area (TPSA) is 58.6 Å². The Labute approximate surface area is 128 Å². The molecule has 0 aliphatic rings. The minimum atomic E-state index is -0.926. The average molecular weight is 308 g/mol. The van der Waals surface area contributed by atoms with Gasteiger partial charge >= 0.3 is 6.09 Å². The number of carboxylic acid groups (broad SMARTS) is 1. The van der Waals surface area contributed by atoms with Crippen LogP contribution in [0, 0.1) is 0 Å². The van der Waals surface area contributed by atoms with Crippen LogP contribution in [0.15, 0.2) is 0 Å². The molecule has 0 aromatic rings. The number of halogens is 1. The van der Waals surface area contributed by atoms with Gasteiger partial charge in [-0.3, -0.25) is 0 Å². The second-order valence-electron chi connectivity index (χ2n) is 5.07. The van der Waals surface area contributed by atoms with Gasteiger partial charge in [0.05, 0.1) is 0 Å². The van der Waals surface area contributed by atoms with E-state index in [0.29, 0.717) is 6.54 Å². The molecule has 0 saturated heterocycles. The summed E-state index contributed by atoms with van der Waals surface area (Å²) in [5.41, 5.74) is 0. The molecule has 0 aromatic heterocycles. The summed E-state index contributed by atoms with van der Waals surface area (Å²) in [5, 5.41) is 10.8. The maximum atomic E-state index is 10.2. The molecule has 0 atom stereocenters. The van der Waals surface area contributed by atoms with Crippen molar-refractivity contribution in [2.24, 2.45) is 0 Å². The van der Waals surface area contributed by atoms with Gasteiger partial charge in [0.25, 0.3) is 0 Å². The van der Waals surface area contributed by atoms with Gasteiger partial charge in [0.2, 0.25) is 0 Å². The Morgan fingerprint density at radius 3 is 1.90 bits per heavy atom. The molecule has 2 N–H and O–H groups in total. The molecule has 1 amide bonds. The van der Waals surface area contributed by atoms with E-state index in [4.69, 9.17) is 21.4 Å². The van der Waals surface area contributed by atoms with E-state index in [1.54, 1.807) is 0 Å². The Morgan fingerprint density at radius 1 is 0.850 bits per heavy atom. The highest BCUT2D eigenvalue weighted by Crippen LogP contribution is 2.06. The number of rotatable bonds is 15. The number of alkyl halides is 1. The van der Waals surface area contributed by atoms with Crippen molar-refractivity contribution in [2.45, 2.75) is 64.2 Å². The summed E-state index contributed by atoms with van der Waals surface area (Å²) in [5.74, 6) is 0.771. The molecule has 0 heterocycles. The first-order valence-electron chi connectivity index (χ1n) is 7.88. The van der Waals surface area contributed by atoms with E-state index in [2.05, 4.69) is 5.32 Å². The number of nitrogens with one attached hydrogen (secondary N) is 1. The second-order valence-corrected chi connectivity index (χ2v) is 5.45. The summed E-state index contributed by atoms with van der Waals surface area (Å²) < 4.78 is 5.58. The third-order valence-electron chi connectivity index (χ3n) is 3.16. The lowest BCUT2D eigenvalue weighted by Gasteiger charge is -2.04. The normalized spacial score (nSPS) is 10.7. The predicted octanol–water partition coefficient (Wildman–Crippen LogP) is 4.41. The number of ether oxygens (including phenoxy) is 1. The Balaban J connectivity index is 2.94. The summed E-state index contributed by atoms with van der Waals surface area (Å²) >= 11 is 5.61. The summed E-state index contributed by atoms with van der Waals surface area (Å²) in [7, 11) is 0. The molecule has 20 heavy (non-hydrogen) atoms. The summed E-state index contributed by atoms with van der Waals surface area (Å²) in [6, 6.07) is 0. The molecule has 0 aliphatic carbocycles. The lowest BCUT2D eigenvalue weighted by Crippen LogP contribution is -2.21. The molecule has 5 heteroatoms. The van der Waals surface area contributed by atoms with E-state index in [1.807, 2.05) is 0 Å². The van der Waals surface area contributed by atoms with Crippen LogP contribution in [0.4, 0.5) is 4.79 Å². The van der Waals surface area contributed by atoms with Gasteiger partial charge in [-0.15, -0.1) is 11.6 Å². The standard InChI is InChI=1S/C15H30ClNO3/c16-11-7-3-6-10-14-20-13-9-5-2-1-4-8-12-17-15(18)19/h17H,1-14H2,(H,18,19). The van der Waals surface area contributed by atoms with Crippen LogP contribution in [-0.4, -0.2) is 36.8 Å². The Bertz CT molecular complexity index is 215. The largest absolute Gasteiger partial charge is 0.465 e. The highest BCUT2D eigenvalue weighted by molar-refractivity contribution is 6.17. The van der Waals surface area contributed by atoms with Crippen molar-refractivity contribution in [1.82, 2.24) is 5.32 Å². The smallest absolute Gasteiger partial charge is 0.404 e. The molecule has 0 rings (SSSR count). The summed E-state index contributed by atoms with van der Waals surface area (Å²) in [6.45, 7) is 2.32. The molecule has 0 fully saturated rings. The van der Waals surface area contributed by atoms with Gasteiger partial charge in [0.1, 0.15) is 0 Å². The fourth-order valence-corrected chi connectivity index (χ4v) is 2.17. The van der Waals surface area contributed by atoms with Crippen molar-refractivity contribution in [3.8, 4) is 0 Å². The molecule has 4 nitrogen and oxygen atoms in total. The third-order valence-corrected chi connectivity index (χ3v) is 3.43. The molecule has 0 bridgehead atoms. The average Bonchev–Trinajstić information content (AvgIpc) is 2.43. The van der Waals surface area contributed by atoms with Gasteiger partial charge in [-0.05, 0) is 25.7 Å². The molecular formula is C15H30ClNO3. The Hall–Kier alpha value is -0.480. The van der Waals surface area contributed by atoms with Crippen molar-refractivity contribution in [3.63, 3.8) is 0 Å². The van der Waals surface area contributed by atoms with Gasteiger partial charge in [0.15, 0.2) is 0 Å². The predicted molar refractivity (Wildman–Crippen MR) is 83.7 cm³/mol. The summed E-state index contributed by atoms with van der Waals surface area (Å²) in [4.78, 5) is 10.2. The fraction of sp³-hybridized carbons (Fsp3) is 0.933. The molecule has 0 aromatic carbocycles. The van der Waals surface area contributed by atoms with Gasteiger partial charge in [-0.1, -0.05) is 38.5 Å². The van der Waals surface area contributed by atoms with Gasteiger partial charge in [-0.25, -0.2) is 4.79 Å². The number of hydrogen-bond acceptors (Lipinski definition) is 2.